The minimum atomic E-state index is -0.901. The normalized spacial score (nSPS) is 23.1. The molecule has 0 bridgehead atoms. The highest BCUT2D eigenvalue weighted by atomic mass is 16.4. The molecule has 0 fully saturated rings. The summed E-state index contributed by atoms with van der Waals surface area (Å²) in [5, 5.41) is 12.1. The summed E-state index contributed by atoms with van der Waals surface area (Å²) in [7, 11) is 0. The Balaban J connectivity index is 2.04. The Morgan fingerprint density at radius 1 is 1.15 bits per heavy atom. The van der Waals surface area contributed by atoms with E-state index in [-0.39, 0.29) is 11.9 Å². The number of carboxylic acids is 1. The first-order valence-electron chi connectivity index (χ1n) is 6.82. The number of carbonyl (C=O) groups excluding carboxylic acids is 1. The molecule has 4 nitrogen and oxygen atoms in total. The van der Waals surface area contributed by atoms with E-state index in [4.69, 9.17) is 0 Å². The maximum atomic E-state index is 12.3. The molecule has 0 aromatic heterocycles. The van der Waals surface area contributed by atoms with E-state index in [1.54, 1.807) is 0 Å². The molecule has 2 rings (SSSR count). The molecule has 1 amide bonds. The molecule has 1 aliphatic carbocycles. The molecule has 2 N–H and O–H groups in total. The zero-order valence-corrected chi connectivity index (χ0v) is 11.5. The molecule has 0 spiro atoms. The summed E-state index contributed by atoms with van der Waals surface area (Å²) in [6.45, 7) is 1.90. The molecule has 0 heterocycles. The number of hydrogen-bond donors (Lipinski definition) is 2. The zero-order valence-electron chi connectivity index (χ0n) is 11.5. The second kappa shape index (κ2) is 6.37. The molecule has 1 aromatic carbocycles. The van der Waals surface area contributed by atoms with E-state index in [0.717, 1.165) is 5.56 Å². The number of hydrogen-bond acceptors (Lipinski definition) is 2. The van der Waals surface area contributed by atoms with E-state index in [1.807, 2.05) is 49.4 Å². The van der Waals surface area contributed by atoms with Crippen molar-refractivity contribution in [2.24, 2.45) is 11.8 Å². The highest BCUT2D eigenvalue weighted by molar-refractivity contribution is 5.85. The third-order valence-corrected chi connectivity index (χ3v) is 3.74. The van der Waals surface area contributed by atoms with Gasteiger partial charge in [-0.25, -0.2) is 0 Å². The fourth-order valence-corrected chi connectivity index (χ4v) is 2.52. The first-order valence-corrected chi connectivity index (χ1v) is 6.82. The first kappa shape index (κ1) is 14.3. The lowest BCUT2D eigenvalue weighted by Crippen LogP contribution is -2.39. The van der Waals surface area contributed by atoms with Crippen molar-refractivity contribution in [1.82, 2.24) is 5.32 Å². The van der Waals surface area contributed by atoms with Gasteiger partial charge in [-0.1, -0.05) is 42.5 Å². The number of carboxylic acid groups (broad SMARTS) is 1. The highest BCUT2D eigenvalue weighted by Crippen LogP contribution is 2.27. The quantitative estimate of drug-likeness (QED) is 0.828. The molecule has 20 heavy (non-hydrogen) atoms. The second-order valence-electron chi connectivity index (χ2n) is 5.13. The van der Waals surface area contributed by atoms with Gasteiger partial charge in [-0.3, -0.25) is 9.59 Å². The fraction of sp³-hybridized carbons (Fsp3) is 0.375. The lowest BCUT2D eigenvalue weighted by atomic mass is 9.82. The third-order valence-electron chi connectivity index (χ3n) is 3.74. The van der Waals surface area contributed by atoms with Crippen molar-refractivity contribution in [3.05, 3.63) is 48.0 Å². The van der Waals surface area contributed by atoms with Gasteiger partial charge in [0, 0.05) is 0 Å². The Kier molecular flexibility index (Phi) is 4.56. The summed E-state index contributed by atoms with van der Waals surface area (Å²) in [6, 6.07) is 9.53. The van der Waals surface area contributed by atoms with Crippen molar-refractivity contribution in [2.45, 2.75) is 25.8 Å². The van der Waals surface area contributed by atoms with Crippen LogP contribution < -0.4 is 5.32 Å². The number of amides is 1. The van der Waals surface area contributed by atoms with Crippen LogP contribution in [0.4, 0.5) is 0 Å². The standard InChI is InChI=1S/C16H19NO3/c1-11(12-7-3-2-4-8-12)17-15(18)13-9-5-6-10-14(13)16(19)20/h2-8,11,13-14H,9-10H2,1H3,(H,17,18)(H,19,20)/t11-,13?,14?/m1/s1. The van der Waals surface area contributed by atoms with Crippen LogP contribution in [-0.4, -0.2) is 17.0 Å². The Hall–Kier alpha value is -2.10. The first-order chi connectivity index (χ1) is 9.59. The lowest BCUT2D eigenvalue weighted by molar-refractivity contribution is -0.147. The van der Waals surface area contributed by atoms with Crippen LogP contribution in [0.3, 0.4) is 0 Å². The monoisotopic (exact) mass is 273 g/mol. The van der Waals surface area contributed by atoms with Crippen LogP contribution in [-0.2, 0) is 9.59 Å². The van der Waals surface area contributed by atoms with E-state index in [0.29, 0.717) is 12.8 Å². The van der Waals surface area contributed by atoms with Gasteiger partial charge in [0.05, 0.1) is 17.9 Å². The molecule has 0 saturated heterocycles. The van der Waals surface area contributed by atoms with Crippen LogP contribution in [0.2, 0.25) is 0 Å². The minimum absolute atomic E-state index is 0.121. The SMILES string of the molecule is C[C@@H](NC(=O)C1CC=CCC1C(=O)O)c1ccccc1. The van der Waals surface area contributed by atoms with Gasteiger partial charge in [0.25, 0.3) is 0 Å². The number of allylic oxidation sites excluding steroid dienone is 2. The molecule has 2 unspecified atom stereocenters. The van der Waals surface area contributed by atoms with Crippen LogP contribution in [0, 0.1) is 11.8 Å². The average Bonchev–Trinajstić information content (AvgIpc) is 2.48. The molecular weight excluding hydrogens is 254 g/mol. The second-order valence-corrected chi connectivity index (χ2v) is 5.13. The van der Waals surface area contributed by atoms with Gasteiger partial charge in [0.15, 0.2) is 0 Å². The van der Waals surface area contributed by atoms with Gasteiger partial charge in [0.2, 0.25) is 5.91 Å². The highest BCUT2D eigenvalue weighted by Gasteiger charge is 2.34. The van der Waals surface area contributed by atoms with Crippen molar-refractivity contribution in [3.8, 4) is 0 Å². The van der Waals surface area contributed by atoms with Crippen LogP contribution in [0.25, 0.3) is 0 Å². The zero-order chi connectivity index (χ0) is 14.5. The topological polar surface area (TPSA) is 66.4 Å². The number of aliphatic carboxylic acids is 1. The maximum Gasteiger partial charge on any atom is 0.307 e. The molecule has 0 saturated carbocycles. The van der Waals surface area contributed by atoms with Crippen molar-refractivity contribution in [2.75, 3.05) is 0 Å². The molecule has 1 aromatic rings. The summed E-state index contributed by atoms with van der Waals surface area (Å²) in [4.78, 5) is 23.5. The summed E-state index contributed by atoms with van der Waals surface area (Å²) < 4.78 is 0. The number of nitrogens with one attached hydrogen (secondary N) is 1. The average molecular weight is 273 g/mol. The molecular formula is C16H19NO3. The Labute approximate surface area is 118 Å². The van der Waals surface area contributed by atoms with Crippen LogP contribution in [0.15, 0.2) is 42.5 Å². The van der Waals surface area contributed by atoms with Gasteiger partial charge in [0.1, 0.15) is 0 Å². The molecule has 0 radical (unpaired) electrons. The largest absolute Gasteiger partial charge is 0.481 e. The van der Waals surface area contributed by atoms with Crippen LogP contribution >= 0.6 is 0 Å². The number of rotatable bonds is 4. The van der Waals surface area contributed by atoms with Crippen molar-refractivity contribution in [1.29, 1.82) is 0 Å². The van der Waals surface area contributed by atoms with Crippen molar-refractivity contribution >= 4 is 11.9 Å². The Bertz CT molecular complexity index is 510. The molecule has 106 valence electrons. The van der Waals surface area contributed by atoms with Crippen LogP contribution in [0.1, 0.15) is 31.4 Å². The molecule has 4 heteroatoms. The predicted octanol–water partition coefficient (Wildman–Crippen LogP) is 2.53. The summed E-state index contributed by atoms with van der Waals surface area (Å²) in [6.07, 6.45) is 4.64. The fourth-order valence-electron chi connectivity index (χ4n) is 2.52. The maximum absolute atomic E-state index is 12.3. The Morgan fingerprint density at radius 2 is 1.75 bits per heavy atom. The summed E-state index contributed by atoms with van der Waals surface area (Å²) >= 11 is 0. The van der Waals surface area contributed by atoms with E-state index < -0.39 is 17.8 Å². The molecule has 3 atom stereocenters. The van der Waals surface area contributed by atoms with E-state index in [2.05, 4.69) is 5.32 Å². The van der Waals surface area contributed by atoms with E-state index >= 15 is 0 Å². The van der Waals surface area contributed by atoms with Gasteiger partial charge < -0.3 is 10.4 Å². The van der Waals surface area contributed by atoms with Crippen molar-refractivity contribution in [3.63, 3.8) is 0 Å². The summed E-state index contributed by atoms with van der Waals surface area (Å²) in [5.74, 6) is -2.19. The number of benzene rings is 1. The van der Waals surface area contributed by atoms with Gasteiger partial charge in [-0.2, -0.15) is 0 Å². The van der Waals surface area contributed by atoms with E-state index in [1.165, 1.54) is 0 Å². The predicted molar refractivity (Wildman–Crippen MR) is 76.0 cm³/mol. The Morgan fingerprint density at radius 3 is 2.35 bits per heavy atom. The summed E-state index contributed by atoms with van der Waals surface area (Å²) in [5.41, 5.74) is 1.01. The van der Waals surface area contributed by atoms with Gasteiger partial charge in [-0.15, -0.1) is 0 Å². The van der Waals surface area contributed by atoms with Crippen LogP contribution in [0.5, 0.6) is 0 Å². The molecule has 0 aliphatic heterocycles. The van der Waals surface area contributed by atoms with Gasteiger partial charge >= 0.3 is 5.97 Å². The third kappa shape index (κ3) is 3.26. The smallest absolute Gasteiger partial charge is 0.307 e. The van der Waals surface area contributed by atoms with Gasteiger partial charge in [-0.05, 0) is 25.3 Å². The lowest BCUT2D eigenvalue weighted by Gasteiger charge is -2.26. The number of carbonyl (C=O) groups is 2. The molecule has 1 aliphatic rings. The van der Waals surface area contributed by atoms with Crippen molar-refractivity contribution < 1.29 is 14.7 Å². The van der Waals surface area contributed by atoms with E-state index in [9.17, 15) is 14.7 Å². The minimum Gasteiger partial charge on any atom is -0.481 e.